The van der Waals surface area contributed by atoms with Crippen LogP contribution in [0.1, 0.15) is 66.4 Å². The first-order valence-electron chi connectivity index (χ1n) is 38.9. The lowest BCUT2D eigenvalue weighted by atomic mass is 9.80. The summed E-state index contributed by atoms with van der Waals surface area (Å²) in [6.07, 6.45) is -0.375. The third-order valence-electron chi connectivity index (χ3n) is 21.6. The number of nitrogens with zero attached hydrogens (tertiary/aromatic N) is 4. The van der Waals surface area contributed by atoms with Gasteiger partial charge in [-0.05, 0) is 171 Å². The van der Waals surface area contributed by atoms with Crippen LogP contribution in [0.4, 0.5) is 11.4 Å². The van der Waals surface area contributed by atoms with Crippen LogP contribution < -0.4 is 47.7 Å². The van der Waals surface area contributed by atoms with Crippen molar-refractivity contribution in [2.45, 2.75) is 63.2 Å². The van der Waals surface area contributed by atoms with E-state index in [1.165, 1.54) is 0 Å². The summed E-state index contributed by atoms with van der Waals surface area (Å²) in [5.41, 5.74) is 2.29. The Labute approximate surface area is 665 Å². The van der Waals surface area contributed by atoms with Gasteiger partial charge in [-0.1, -0.05) is 97.1 Å². The third kappa shape index (κ3) is 14.5. The number of anilines is 2. The van der Waals surface area contributed by atoms with Gasteiger partial charge in [-0.2, -0.15) is 0 Å². The average molecular weight is 1550 g/mol. The summed E-state index contributed by atoms with van der Waals surface area (Å²) in [6.45, 7) is 7.57. The van der Waals surface area contributed by atoms with E-state index in [4.69, 9.17) is 56.8 Å². The highest BCUT2D eigenvalue weighted by Crippen LogP contribution is 2.59. The molecule has 0 bridgehead atoms. The molecule has 0 radical (unpaired) electrons. The first kappa shape index (κ1) is 72.8. The summed E-state index contributed by atoms with van der Waals surface area (Å²) < 4.78 is 76.1. The minimum Gasteiger partial charge on any atom is -0.491 e. The summed E-state index contributed by atoms with van der Waals surface area (Å²) in [5.74, 6) is -1.14. The van der Waals surface area contributed by atoms with Gasteiger partial charge in [0, 0.05) is 80.4 Å². The summed E-state index contributed by atoms with van der Waals surface area (Å²) in [7, 11) is 0. The van der Waals surface area contributed by atoms with Crippen LogP contribution in [0.15, 0.2) is 243 Å². The van der Waals surface area contributed by atoms with Crippen molar-refractivity contribution in [3.63, 3.8) is 0 Å². The van der Waals surface area contributed by atoms with Gasteiger partial charge in [0.15, 0.2) is 0 Å². The number of epoxide rings is 4. The zero-order chi connectivity index (χ0) is 78.7. The molecule has 0 aromatic heterocycles. The fourth-order valence-electron chi connectivity index (χ4n) is 15.5. The minimum atomic E-state index is -1.46. The predicted octanol–water partition coefficient (Wildman–Crippen LogP) is 16.5. The number of rotatable bonds is 32. The lowest BCUT2D eigenvalue weighted by molar-refractivity contribution is -0.123. The molecule has 22 nitrogen and oxygen atoms in total. The van der Waals surface area contributed by atoms with Crippen LogP contribution in [0.2, 0.25) is 0 Å². The van der Waals surface area contributed by atoms with Crippen molar-refractivity contribution in [1.29, 1.82) is 0 Å². The largest absolute Gasteiger partial charge is 0.491 e. The Hall–Kier alpha value is -13.4. The van der Waals surface area contributed by atoms with Crippen LogP contribution in [-0.2, 0) is 41.4 Å². The van der Waals surface area contributed by atoms with Crippen LogP contribution in [0.25, 0.3) is 43.1 Å². The predicted molar refractivity (Wildman–Crippen MR) is 432 cm³/mol. The molecule has 116 heavy (non-hydrogen) atoms. The molecule has 22 heteroatoms. The van der Waals surface area contributed by atoms with Gasteiger partial charge in [0.25, 0.3) is 35.4 Å². The van der Waals surface area contributed by atoms with E-state index < -0.39 is 47.5 Å². The van der Waals surface area contributed by atoms with Crippen molar-refractivity contribution >= 4 is 89.9 Å². The van der Waals surface area contributed by atoms with E-state index in [-0.39, 0.29) is 162 Å². The SMILES string of the molecule is CCN(C(=O)C(Cc1ccccc1)N1C(=O)c2cc(Oc3ccc(OCC4CO4)cc3)c3c4c(Oc5ccc(OCC6CO6)cc5)cc5c6c(cc(Oc7ccc(OCC8CO8)cc7)c(c7c(Oc8ccc(OCC9CO9)cc8)cc(c2c37)C1=O)c64)C(=O)N(C(Cc1ccccc1)C(=O)N(CC)c1ccccc1)C5=O)c1ccccc1. The number of carbonyl (C=O) groups excluding carboxylic acids is 6. The smallest absolute Gasteiger partial charge is 0.262 e. The highest BCUT2D eigenvalue weighted by Gasteiger charge is 2.48. The molecule has 0 spiro atoms. The molecule has 6 atom stereocenters. The maximum Gasteiger partial charge on any atom is 0.262 e. The van der Waals surface area contributed by atoms with Gasteiger partial charge < -0.3 is 66.6 Å². The number of fused-ring (bicyclic) bond motifs is 2. The van der Waals surface area contributed by atoms with Crippen molar-refractivity contribution in [2.75, 3.05) is 75.7 Å². The van der Waals surface area contributed by atoms with Gasteiger partial charge in [0.2, 0.25) is 0 Å². The number of carbonyl (C=O) groups is 6. The number of likely N-dealkylation sites (N-methyl/N-ethyl adjacent to an activating group) is 2. The first-order chi connectivity index (χ1) is 56.9. The molecule has 0 aliphatic carbocycles. The van der Waals surface area contributed by atoms with Crippen LogP contribution in [0.3, 0.4) is 0 Å². The van der Waals surface area contributed by atoms with E-state index >= 15 is 28.8 Å². The lowest BCUT2D eigenvalue weighted by Crippen LogP contribution is -2.55. The number of ether oxygens (including phenoxy) is 12. The van der Waals surface area contributed by atoms with Crippen LogP contribution in [0, 0.1) is 0 Å². The van der Waals surface area contributed by atoms with E-state index in [0.717, 1.165) is 9.80 Å². The number of benzene rings is 13. The number of para-hydroxylation sites is 2. The van der Waals surface area contributed by atoms with E-state index in [1.54, 1.807) is 155 Å². The second-order valence-electron chi connectivity index (χ2n) is 29.3. The molecule has 6 heterocycles. The number of hydrogen-bond acceptors (Lipinski definition) is 18. The third-order valence-corrected chi connectivity index (χ3v) is 21.6. The Morgan fingerprint density at radius 3 is 0.793 bits per heavy atom. The van der Waals surface area contributed by atoms with Gasteiger partial charge in [-0.3, -0.25) is 38.6 Å². The second-order valence-corrected chi connectivity index (χ2v) is 29.3. The van der Waals surface area contributed by atoms with Gasteiger partial charge in [0.1, 0.15) is 132 Å². The van der Waals surface area contributed by atoms with Gasteiger partial charge in [-0.25, -0.2) is 0 Å². The molecular formula is C94H76N4O18. The highest BCUT2D eigenvalue weighted by molar-refractivity contribution is 6.45. The summed E-state index contributed by atoms with van der Waals surface area (Å²) in [6, 6.07) is 67.8. The summed E-state index contributed by atoms with van der Waals surface area (Å²) in [4.78, 5) is 105. The zero-order valence-corrected chi connectivity index (χ0v) is 63.2. The molecule has 13 aromatic rings. The summed E-state index contributed by atoms with van der Waals surface area (Å²) >= 11 is 0. The maximum atomic E-state index is 16.9. The molecule has 580 valence electrons. The monoisotopic (exact) mass is 1550 g/mol. The molecule has 4 fully saturated rings. The Morgan fingerprint density at radius 1 is 0.328 bits per heavy atom. The van der Waals surface area contributed by atoms with Gasteiger partial charge in [-0.15, -0.1) is 0 Å². The summed E-state index contributed by atoms with van der Waals surface area (Å²) in [5, 5.41) is 1.59. The quantitative estimate of drug-likeness (QED) is 0.0165. The molecule has 6 aliphatic rings. The number of amides is 6. The van der Waals surface area contributed by atoms with Crippen molar-refractivity contribution in [2.24, 2.45) is 0 Å². The maximum absolute atomic E-state index is 16.9. The fraction of sp³-hybridized carbons (Fsp3) is 0.213. The van der Waals surface area contributed by atoms with Crippen LogP contribution >= 0.6 is 0 Å². The number of imide groups is 2. The van der Waals surface area contributed by atoms with Gasteiger partial charge >= 0.3 is 0 Å². The Bertz CT molecular complexity index is 5330. The van der Waals surface area contributed by atoms with Crippen molar-refractivity contribution < 1.29 is 85.6 Å². The molecule has 6 aliphatic heterocycles. The topological polar surface area (TPSA) is 239 Å². The highest BCUT2D eigenvalue weighted by atomic mass is 16.6. The lowest BCUT2D eigenvalue weighted by Gasteiger charge is -2.37. The van der Waals surface area contributed by atoms with E-state index in [0.29, 0.717) is 98.4 Å². The second kappa shape index (κ2) is 30.8. The molecule has 0 saturated carbocycles. The van der Waals surface area contributed by atoms with Crippen molar-refractivity contribution in [1.82, 2.24) is 9.80 Å². The van der Waals surface area contributed by atoms with Crippen LogP contribution in [0.5, 0.6) is 69.0 Å². The standard InChI is InChI=1S/C94H76N4O18/c1-3-95(57-21-13-7-14-22-57)93(103)75(41-55-17-9-5-10-18-55)97-89(99)71-43-77(113-63-33-25-59(26-34-63)105-47-67-51-109-67)83-85-79(115-65-37-29-61(30-38-65)107-49-69-53-111-69)45-73-82-74(92(102)98(91(73)101)76(42-56-19-11-6-12-20-56)94(104)96(4-2)58-23-15-8-16-24-58)46-80(116-66-39-31-62(32-40-66)108-50-70-54-112-70)86(88(82)85)84-78(44-72(90(97)100)81(71)87(83)84)114-64-35-27-60(28-36-64)106-48-68-52-110-68/h5-40,43-46,67-70,75-76H,3-4,41-42,47-54H2,1-2H3. The zero-order valence-electron chi connectivity index (χ0n) is 63.2. The fourth-order valence-corrected chi connectivity index (χ4v) is 15.5. The Morgan fingerprint density at radius 2 is 0.560 bits per heavy atom. The molecule has 0 N–H and O–H groups in total. The molecule has 6 unspecified atom stereocenters. The van der Waals surface area contributed by atoms with Crippen LogP contribution in [-0.4, -0.2) is 148 Å². The van der Waals surface area contributed by atoms with E-state index in [1.807, 2.05) is 111 Å². The molecule has 13 aromatic carbocycles. The number of hydrogen-bond donors (Lipinski definition) is 0. The Kier molecular flexibility index (Phi) is 19.4. The molecule has 6 amide bonds. The van der Waals surface area contributed by atoms with Crippen molar-refractivity contribution in [3.8, 4) is 69.0 Å². The van der Waals surface area contributed by atoms with E-state index in [2.05, 4.69) is 0 Å². The first-order valence-corrected chi connectivity index (χ1v) is 38.9. The molecule has 19 rings (SSSR count). The molecular weight excluding hydrogens is 1470 g/mol. The van der Waals surface area contributed by atoms with E-state index in [9.17, 15) is 0 Å². The Balaban J connectivity index is 0.911. The van der Waals surface area contributed by atoms with Gasteiger partial charge in [0.05, 0.1) is 48.7 Å². The average Bonchev–Trinajstić information content (AvgIpc) is 1.67. The molecule has 4 saturated heterocycles. The van der Waals surface area contributed by atoms with Crippen molar-refractivity contribution in [3.05, 3.63) is 276 Å². The normalized spacial score (nSPS) is 17.4. The minimum absolute atomic E-state index is 0.0205.